The van der Waals surface area contributed by atoms with Gasteiger partial charge < -0.3 is 15.0 Å². The number of amides is 1. The Morgan fingerprint density at radius 2 is 2.15 bits per heavy atom. The van der Waals surface area contributed by atoms with Crippen molar-refractivity contribution in [2.45, 2.75) is 37.8 Å². The highest BCUT2D eigenvalue weighted by Crippen LogP contribution is 2.33. The van der Waals surface area contributed by atoms with Crippen LogP contribution in [0.1, 0.15) is 42.3 Å². The van der Waals surface area contributed by atoms with Crippen LogP contribution in [-0.4, -0.2) is 55.0 Å². The zero-order valence-corrected chi connectivity index (χ0v) is 17.0. The van der Waals surface area contributed by atoms with E-state index < -0.39 is 0 Å². The van der Waals surface area contributed by atoms with Crippen molar-refractivity contribution in [3.8, 4) is 0 Å². The summed E-state index contributed by atoms with van der Waals surface area (Å²) >= 11 is 2.99. The van der Waals surface area contributed by atoms with E-state index >= 15 is 0 Å². The number of thioether (sulfide) groups is 1. The SMILES string of the molecule is CCOCCCNC(=O)c1cc2c(N3CCCCC3)nc(SC)nc2s1. The van der Waals surface area contributed by atoms with Gasteiger partial charge in [-0.05, 0) is 44.9 Å². The summed E-state index contributed by atoms with van der Waals surface area (Å²) in [4.78, 5) is 25.8. The van der Waals surface area contributed by atoms with E-state index in [1.807, 2.05) is 19.2 Å². The van der Waals surface area contributed by atoms with Crippen LogP contribution in [0.25, 0.3) is 10.2 Å². The topological polar surface area (TPSA) is 67.3 Å². The highest BCUT2D eigenvalue weighted by atomic mass is 32.2. The molecular formula is C18H26N4O2S2. The summed E-state index contributed by atoms with van der Waals surface area (Å²) in [7, 11) is 0. The molecule has 6 nitrogen and oxygen atoms in total. The number of hydrogen-bond acceptors (Lipinski definition) is 7. The molecule has 1 fully saturated rings. The summed E-state index contributed by atoms with van der Waals surface area (Å²) < 4.78 is 5.30. The second-order valence-corrected chi connectivity index (χ2v) is 8.02. The standard InChI is InChI=1S/C18H26N4O2S2/c1-3-24-11-7-8-19-16(23)14-12-13-15(22-9-5-4-6-10-22)20-18(25-2)21-17(13)26-14/h12H,3-11H2,1-2H3,(H,19,23). The number of thiophene rings is 1. The summed E-state index contributed by atoms with van der Waals surface area (Å²) in [5.41, 5.74) is 0. The third-order valence-corrected chi connectivity index (χ3v) is 5.94. The molecular weight excluding hydrogens is 368 g/mol. The molecule has 2 aromatic heterocycles. The second-order valence-electron chi connectivity index (χ2n) is 6.22. The zero-order valence-electron chi connectivity index (χ0n) is 15.4. The summed E-state index contributed by atoms with van der Waals surface area (Å²) in [6.45, 7) is 6.02. The molecule has 0 saturated carbocycles. The number of aromatic nitrogens is 2. The first kappa shape index (κ1) is 19.4. The van der Waals surface area contributed by atoms with Crippen LogP contribution < -0.4 is 10.2 Å². The zero-order chi connectivity index (χ0) is 18.4. The summed E-state index contributed by atoms with van der Waals surface area (Å²) in [6, 6.07) is 1.95. The van der Waals surface area contributed by atoms with Gasteiger partial charge in [0, 0.05) is 32.8 Å². The van der Waals surface area contributed by atoms with Gasteiger partial charge in [-0.15, -0.1) is 11.3 Å². The minimum Gasteiger partial charge on any atom is -0.382 e. The molecule has 0 spiro atoms. The second kappa shape index (κ2) is 9.53. The Labute approximate surface area is 162 Å². The molecule has 1 aliphatic heterocycles. The minimum absolute atomic E-state index is 0.0419. The molecule has 1 N–H and O–H groups in total. The van der Waals surface area contributed by atoms with Crippen LogP contribution in [0.15, 0.2) is 11.2 Å². The molecule has 1 amide bonds. The van der Waals surface area contributed by atoms with Gasteiger partial charge in [0.05, 0.1) is 10.3 Å². The van der Waals surface area contributed by atoms with Crippen LogP contribution in [0.2, 0.25) is 0 Å². The number of carbonyl (C=O) groups is 1. The number of anilines is 1. The van der Waals surface area contributed by atoms with Crippen molar-refractivity contribution in [3.05, 3.63) is 10.9 Å². The predicted molar refractivity (Wildman–Crippen MR) is 109 cm³/mol. The van der Waals surface area contributed by atoms with Crippen molar-refractivity contribution >= 4 is 45.0 Å². The number of nitrogens with one attached hydrogen (secondary N) is 1. The monoisotopic (exact) mass is 394 g/mol. The number of rotatable bonds is 8. The third-order valence-electron chi connectivity index (χ3n) is 4.37. The van der Waals surface area contributed by atoms with Crippen molar-refractivity contribution in [1.29, 1.82) is 0 Å². The quantitative estimate of drug-likeness (QED) is 0.419. The molecule has 2 aromatic rings. The summed E-state index contributed by atoms with van der Waals surface area (Å²) in [5, 5.41) is 4.73. The summed E-state index contributed by atoms with van der Waals surface area (Å²) in [6.07, 6.45) is 6.47. The normalized spacial score (nSPS) is 14.8. The maximum atomic E-state index is 12.5. The maximum Gasteiger partial charge on any atom is 0.261 e. The van der Waals surface area contributed by atoms with Crippen molar-refractivity contribution in [3.63, 3.8) is 0 Å². The fourth-order valence-electron chi connectivity index (χ4n) is 3.04. The lowest BCUT2D eigenvalue weighted by atomic mass is 10.1. The van der Waals surface area contributed by atoms with Crippen molar-refractivity contribution < 1.29 is 9.53 Å². The van der Waals surface area contributed by atoms with E-state index in [1.165, 1.54) is 30.6 Å². The van der Waals surface area contributed by atoms with E-state index in [9.17, 15) is 4.79 Å². The molecule has 0 aliphatic carbocycles. The number of hydrogen-bond donors (Lipinski definition) is 1. The fraction of sp³-hybridized carbons (Fsp3) is 0.611. The van der Waals surface area contributed by atoms with E-state index in [-0.39, 0.29) is 5.91 Å². The van der Waals surface area contributed by atoms with Gasteiger partial charge in [0.2, 0.25) is 0 Å². The lowest BCUT2D eigenvalue weighted by Gasteiger charge is -2.28. The van der Waals surface area contributed by atoms with Crippen LogP contribution in [0.5, 0.6) is 0 Å². The lowest BCUT2D eigenvalue weighted by Crippen LogP contribution is -2.30. The van der Waals surface area contributed by atoms with Gasteiger partial charge in [-0.1, -0.05) is 11.8 Å². The first-order valence-electron chi connectivity index (χ1n) is 9.19. The molecule has 0 unspecified atom stereocenters. The number of nitrogens with zero attached hydrogens (tertiary/aromatic N) is 3. The van der Waals surface area contributed by atoms with E-state index in [4.69, 9.17) is 9.72 Å². The Kier molecular flexibility index (Phi) is 7.10. The van der Waals surface area contributed by atoms with Gasteiger partial charge in [0.15, 0.2) is 5.16 Å². The average molecular weight is 395 g/mol. The fourth-order valence-corrected chi connectivity index (χ4v) is 4.41. The number of piperidine rings is 1. The van der Waals surface area contributed by atoms with Crippen LogP contribution in [0.3, 0.4) is 0 Å². The van der Waals surface area contributed by atoms with Crippen LogP contribution in [0, 0.1) is 0 Å². The van der Waals surface area contributed by atoms with Gasteiger partial charge in [-0.25, -0.2) is 9.97 Å². The lowest BCUT2D eigenvalue weighted by molar-refractivity contribution is 0.0948. The van der Waals surface area contributed by atoms with Gasteiger partial charge in [0.25, 0.3) is 5.91 Å². The maximum absolute atomic E-state index is 12.5. The Morgan fingerprint density at radius 1 is 1.35 bits per heavy atom. The van der Waals surface area contributed by atoms with Crippen LogP contribution >= 0.6 is 23.1 Å². The van der Waals surface area contributed by atoms with Crippen molar-refractivity contribution in [1.82, 2.24) is 15.3 Å². The van der Waals surface area contributed by atoms with E-state index in [1.54, 1.807) is 11.8 Å². The highest BCUT2D eigenvalue weighted by molar-refractivity contribution is 7.98. The van der Waals surface area contributed by atoms with E-state index in [0.29, 0.717) is 24.6 Å². The largest absolute Gasteiger partial charge is 0.382 e. The van der Waals surface area contributed by atoms with E-state index in [2.05, 4.69) is 15.2 Å². The van der Waals surface area contributed by atoms with Crippen molar-refractivity contribution in [2.75, 3.05) is 44.0 Å². The third kappa shape index (κ3) is 4.66. The molecule has 0 aromatic carbocycles. The highest BCUT2D eigenvalue weighted by Gasteiger charge is 2.20. The molecule has 8 heteroatoms. The molecule has 142 valence electrons. The number of carbonyl (C=O) groups excluding carboxylic acids is 1. The molecule has 3 heterocycles. The molecule has 0 atom stereocenters. The smallest absolute Gasteiger partial charge is 0.261 e. The van der Waals surface area contributed by atoms with Gasteiger partial charge >= 0.3 is 0 Å². The molecule has 26 heavy (non-hydrogen) atoms. The van der Waals surface area contributed by atoms with Crippen LogP contribution in [-0.2, 0) is 4.74 Å². The molecule has 3 rings (SSSR count). The summed E-state index contributed by atoms with van der Waals surface area (Å²) in [5.74, 6) is 0.936. The van der Waals surface area contributed by atoms with Crippen molar-refractivity contribution in [2.24, 2.45) is 0 Å². The van der Waals surface area contributed by atoms with Gasteiger partial charge in [0.1, 0.15) is 10.6 Å². The first-order valence-corrected chi connectivity index (χ1v) is 11.2. The Bertz CT molecular complexity index is 744. The predicted octanol–water partition coefficient (Wildman–Crippen LogP) is 3.56. The number of fused-ring (bicyclic) bond motifs is 1. The molecule has 0 radical (unpaired) electrons. The molecule has 1 saturated heterocycles. The van der Waals surface area contributed by atoms with E-state index in [0.717, 1.165) is 40.7 Å². The van der Waals surface area contributed by atoms with Gasteiger partial charge in [-0.2, -0.15) is 0 Å². The molecule has 0 bridgehead atoms. The van der Waals surface area contributed by atoms with Gasteiger partial charge in [-0.3, -0.25) is 4.79 Å². The minimum atomic E-state index is -0.0419. The number of ether oxygens (including phenoxy) is 1. The van der Waals surface area contributed by atoms with Crippen LogP contribution in [0.4, 0.5) is 5.82 Å². The Hall–Kier alpha value is -1.38. The average Bonchev–Trinajstić information content (AvgIpc) is 3.11. The Balaban J connectivity index is 1.79. The first-order chi connectivity index (χ1) is 12.7. The molecule has 1 aliphatic rings. The Morgan fingerprint density at radius 3 is 2.88 bits per heavy atom.